The number of benzene rings is 1. The van der Waals surface area contributed by atoms with Gasteiger partial charge in [-0.05, 0) is 36.5 Å². The van der Waals surface area contributed by atoms with Crippen LogP contribution in [0.2, 0.25) is 0 Å². The average molecular weight is 453 g/mol. The number of nitrogens with zero attached hydrogens (tertiary/aromatic N) is 5. The minimum absolute atomic E-state index is 0.0168. The first-order valence-corrected chi connectivity index (χ1v) is 10.6. The molecule has 0 spiro atoms. The minimum atomic E-state index is -0.496. The van der Waals surface area contributed by atoms with Crippen molar-refractivity contribution in [2.75, 3.05) is 19.6 Å². The molecule has 11 heteroatoms. The Morgan fingerprint density at radius 1 is 1.18 bits per heavy atom. The lowest BCUT2D eigenvalue weighted by Gasteiger charge is -2.14. The third kappa shape index (κ3) is 4.97. The molecule has 10 nitrogen and oxygen atoms in total. The molecule has 0 unspecified atom stereocenters. The molecular weight excluding hydrogens is 429 g/mol. The minimum Gasteiger partial charge on any atom is -0.350 e. The maximum atomic E-state index is 13.4. The van der Waals surface area contributed by atoms with Crippen LogP contribution in [0.15, 0.2) is 30.6 Å². The van der Waals surface area contributed by atoms with Crippen molar-refractivity contribution in [3.8, 4) is 0 Å². The molecule has 1 aliphatic rings. The van der Waals surface area contributed by atoms with Gasteiger partial charge in [0.15, 0.2) is 0 Å². The lowest BCUT2D eigenvalue weighted by Crippen LogP contribution is -2.33. The second kappa shape index (κ2) is 9.31. The summed E-state index contributed by atoms with van der Waals surface area (Å²) in [6, 6.07) is 5.95. The van der Waals surface area contributed by atoms with Crippen LogP contribution in [-0.4, -0.2) is 61.8 Å². The molecule has 1 atom stereocenters. The summed E-state index contributed by atoms with van der Waals surface area (Å²) in [5.41, 5.74) is 1.36. The highest BCUT2D eigenvalue weighted by Gasteiger charge is 2.25. The topological polar surface area (TPSA) is 122 Å². The van der Waals surface area contributed by atoms with E-state index in [9.17, 15) is 18.8 Å². The first-order valence-electron chi connectivity index (χ1n) is 10.6. The number of hydrogen-bond donors (Lipinski definition) is 2. The highest BCUT2D eigenvalue weighted by Crippen LogP contribution is 2.16. The first-order chi connectivity index (χ1) is 15.8. The van der Waals surface area contributed by atoms with Crippen LogP contribution in [0.1, 0.15) is 45.4 Å². The summed E-state index contributed by atoms with van der Waals surface area (Å²) >= 11 is 0. The maximum Gasteiger partial charge on any atom is 0.270 e. The van der Waals surface area contributed by atoms with Crippen LogP contribution in [0.4, 0.5) is 4.39 Å². The molecule has 4 rings (SSSR count). The van der Waals surface area contributed by atoms with Gasteiger partial charge in [0.05, 0.1) is 0 Å². The van der Waals surface area contributed by atoms with Gasteiger partial charge in [-0.1, -0.05) is 12.1 Å². The molecule has 172 valence electrons. The van der Waals surface area contributed by atoms with Gasteiger partial charge in [-0.2, -0.15) is 14.6 Å². The Morgan fingerprint density at radius 3 is 2.73 bits per heavy atom. The number of aromatic nitrogens is 4. The van der Waals surface area contributed by atoms with Gasteiger partial charge in [-0.15, -0.1) is 0 Å². The zero-order chi connectivity index (χ0) is 23.5. The van der Waals surface area contributed by atoms with Gasteiger partial charge < -0.3 is 15.5 Å². The van der Waals surface area contributed by atoms with Gasteiger partial charge in [0.25, 0.3) is 17.6 Å². The van der Waals surface area contributed by atoms with Crippen LogP contribution < -0.4 is 10.6 Å². The summed E-state index contributed by atoms with van der Waals surface area (Å²) in [5, 5.41) is 9.61. The van der Waals surface area contributed by atoms with E-state index in [-0.39, 0.29) is 41.4 Å². The molecule has 3 amide bonds. The standard InChI is InChI=1S/C22H24FN7O3/c1-13-7-15(3-4-17(13)23)9-24-20(32)18-8-19(30-22(28-18)26-12-27-30)21(33)25-10-16-5-6-29(11-16)14(2)31/h3-4,7-8,12,16H,5-6,9-11H2,1-2H3,(H,24,32)(H,25,33)/t16-/m1/s1. The summed E-state index contributed by atoms with van der Waals surface area (Å²) < 4.78 is 14.7. The molecule has 2 aromatic heterocycles. The van der Waals surface area contributed by atoms with Gasteiger partial charge in [0.2, 0.25) is 5.91 Å². The van der Waals surface area contributed by atoms with E-state index >= 15 is 0 Å². The van der Waals surface area contributed by atoms with E-state index in [2.05, 4.69) is 25.7 Å². The number of carbonyl (C=O) groups excluding carboxylic acids is 3. The second-order valence-corrected chi connectivity index (χ2v) is 8.09. The van der Waals surface area contributed by atoms with E-state index < -0.39 is 11.8 Å². The summed E-state index contributed by atoms with van der Waals surface area (Å²) in [7, 11) is 0. The Balaban J connectivity index is 1.45. The summed E-state index contributed by atoms with van der Waals surface area (Å²) in [4.78, 5) is 47.0. The number of nitrogens with one attached hydrogen (secondary N) is 2. The number of likely N-dealkylation sites (tertiary alicyclic amines) is 1. The van der Waals surface area contributed by atoms with E-state index in [1.165, 1.54) is 29.9 Å². The predicted octanol–water partition coefficient (Wildman–Crippen LogP) is 1.10. The van der Waals surface area contributed by atoms with Crippen LogP contribution in [-0.2, 0) is 11.3 Å². The van der Waals surface area contributed by atoms with Gasteiger partial charge in [0.1, 0.15) is 23.5 Å². The molecule has 0 radical (unpaired) electrons. The fourth-order valence-electron chi connectivity index (χ4n) is 3.79. The Labute approximate surface area is 189 Å². The van der Waals surface area contributed by atoms with E-state index in [1.54, 1.807) is 24.0 Å². The summed E-state index contributed by atoms with van der Waals surface area (Å²) in [6.07, 6.45) is 2.06. The molecule has 0 aliphatic carbocycles. The van der Waals surface area contributed by atoms with Gasteiger partial charge in [-0.25, -0.2) is 9.37 Å². The van der Waals surface area contributed by atoms with Crippen LogP contribution in [0.25, 0.3) is 5.78 Å². The third-order valence-electron chi connectivity index (χ3n) is 5.68. The highest BCUT2D eigenvalue weighted by atomic mass is 19.1. The van der Waals surface area contributed by atoms with E-state index in [1.807, 2.05) is 0 Å². The SMILES string of the molecule is CC(=O)N1CC[C@H](CNC(=O)c2cc(C(=O)NCc3ccc(F)c(C)c3)nc3ncnn23)C1. The normalized spacial score (nSPS) is 15.6. The second-order valence-electron chi connectivity index (χ2n) is 8.09. The number of fused-ring (bicyclic) bond motifs is 1. The van der Waals surface area contributed by atoms with Gasteiger partial charge in [0, 0.05) is 39.2 Å². The fourth-order valence-corrected chi connectivity index (χ4v) is 3.79. The monoisotopic (exact) mass is 453 g/mol. The lowest BCUT2D eigenvalue weighted by molar-refractivity contribution is -0.127. The molecule has 1 saturated heterocycles. The van der Waals surface area contributed by atoms with Crippen LogP contribution >= 0.6 is 0 Å². The van der Waals surface area contributed by atoms with Crippen LogP contribution in [0.3, 0.4) is 0 Å². The zero-order valence-corrected chi connectivity index (χ0v) is 18.3. The molecule has 33 heavy (non-hydrogen) atoms. The molecule has 2 N–H and O–H groups in total. The molecule has 3 aromatic rings. The van der Waals surface area contributed by atoms with Crippen molar-refractivity contribution in [3.63, 3.8) is 0 Å². The van der Waals surface area contributed by atoms with Gasteiger partial charge >= 0.3 is 0 Å². The smallest absolute Gasteiger partial charge is 0.270 e. The number of rotatable bonds is 6. The third-order valence-corrected chi connectivity index (χ3v) is 5.68. The van der Waals surface area contributed by atoms with E-state index in [0.717, 1.165) is 12.0 Å². The highest BCUT2D eigenvalue weighted by molar-refractivity contribution is 5.98. The molecular formula is C22H24FN7O3. The first kappa shape index (κ1) is 22.3. The number of halogens is 1. The zero-order valence-electron chi connectivity index (χ0n) is 18.3. The molecule has 1 aromatic carbocycles. The molecule has 0 bridgehead atoms. The van der Waals surface area contributed by atoms with Gasteiger partial charge in [-0.3, -0.25) is 14.4 Å². The Bertz CT molecular complexity index is 1230. The Kier molecular flexibility index (Phi) is 6.29. The maximum absolute atomic E-state index is 13.4. The number of carbonyl (C=O) groups is 3. The van der Waals surface area contributed by atoms with Crippen molar-refractivity contribution in [3.05, 3.63) is 58.9 Å². The fraction of sp³-hybridized carbons (Fsp3) is 0.364. The molecule has 0 saturated carbocycles. The van der Waals surface area contributed by atoms with E-state index in [4.69, 9.17) is 0 Å². The van der Waals surface area contributed by atoms with Crippen molar-refractivity contribution < 1.29 is 18.8 Å². The largest absolute Gasteiger partial charge is 0.350 e. The lowest BCUT2D eigenvalue weighted by atomic mass is 10.1. The average Bonchev–Trinajstić information content (AvgIpc) is 3.47. The van der Waals surface area contributed by atoms with Crippen LogP contribution in [0, 0.1) is 18.7 Å². The summed E-state index contributed by atoms with van der Waals surface area (Å²) in [5.74, 6) is -0.927. The molecule has 3 heterocycles. The van der Waals surface area contributed by atoms with Crippen molar-refractivity contribution in [2.24, 2.45) is 5.92 Å². The van der Waals surface area contributed by atoms with E-state index in [0.29, 0.717) is 25.2 Å². The van der Waals surface area contributed by atoms with Crippen molar-refractivity contribution in [2.45, 2.75) is 26.8 Å². The number of hydrogen-bond acceptors (Lipinski definition) is 6. The molecule has 1 fully saturated rings. The Hall–Kier alpha value is -3.89. The molecule has 1 aliphatic heterocycles. The van der Waals surface area contributed by atoms with Crippen molar-refractivity contribution >= 4 is 23.5 Å². The van der Waals surface area contributed by atoms with Crippen molar-refractivity contribution in [1.29, 1.82) is 0 Å². The number of aryl methyl sites for hydroxylation is 1. The predicted molar refractivity (Wildman–Crippen MR) is 116 cm³/mol. The quantitative estimate of drug-likeness (QED) is 0.577. The van der Waals surface area contributed by atoms with Crippen molar-refractivity contribution in [1.82, 2.24) is 35.1 Å². The number of amides is 3. The Morgan fingerprint density at radius 2 is 2.00 bits per heavy atom. The summed E-state index contributed by atoms with van der Waals surface area (Å²) in [6.45, 7) is 5.03. The van der Waals surface area contributed by atoms with Crippen LogP contribution in [0.5, 0.6) is 0 Å².